The van der Waals surface area contributed by atoms with Crippen molar-refractivity contribution in [3.63, 3.8) is 0 Å². The Balaban J connectivity index is 1.90. The number of hydrogen-bond donors (Lipinski definition) is 1. The minimum atomic E-state index is -0.264. The van der Waals surface area contributed by atoms with Gasteiger partial charge in [-0.1, -0.05) is 29.0 Å². The lowest BCUT2D eigenvalue weighted by Gasteiger charge is -2.06. The number of carbonyl (C=O) groups is 1. The van der Waals surface area contributed by atoms with Crippen LogP contribution in [0, 0.1) is 13.8 Å². The molecule has 0 atom stereocenters. The smallest absolute Gasteiger partial charge is 0.277 e. The van der Waals surface area contributed by atoms with Crippen LogP contribution in [-0.2, 0) is 0 Å². The van der Waals surface area contributed by atoms with E-state index in [1.807, 2.05) is 44.5 Å². The topological polar surface area (TPSA) is 59.8 Å². The van der Waals surface area contributed by atoms with E-state index in [1.54, 1.807) is 6.07 Å². The molecule has 0 aliphatic heterocycles. The summed E-state index contributed by atoms with van der Waals surface area (Å²) in [7, 11) is 0. The molecule has 7 heteroatoms. The summed E-state index contributed by atoms with van der Waals surface area (Å²) in [6.45, 7) is 7.96. The van der Waals surface area contributed by atoms with Gasteiger partial charge in [-0.3, -0.25) is 14.8 Å². The molecule has 0 spiro atoms. The molecule has 1 amide bonds. The maximum Gasteiger partial charge on any atom is 0.277 e. The molecule has 1 N–H and O–H groups in total. The van der Waals surface area contributed by atoms with Gasteiger partial charge in [-0.2, -0.15) is 5.10 Å². The van der Waals surface area contributed by atoms with E-state index in [9.17, 15) is 4.79 Å². The molecule has 0 aliphatic rings. The number of hydrogen-bond acceptors (Lipinski definition) is 4. The van der Waals surface area contributed by atoms with Gasteiger partial charge in [0.1, 0.15) is 0 Å². The average molecular weight is 349 g/mol. The maximum atomic E-state index is 12.4. The first kappa shape index (κ1) is 16.0. The Morgan fingerprint density at radius 2 is 2.09 bits per heavy atom. The molecule has 0 fully saturated rings. The maximum absolute atomic E-state index is 12.4. The van der Waals surface area contributed by atoms with Crippen molar-refractivity contribution in [2.75, 3.05) is 5.32 Å². The number of halogens is 1. The van der Waals surface area contributed by atoms with Crippen molar-refractivity contribution in [3.05, 3.63) is 40.2 Å². The lowest BCUT2D eigenvalue weighted by molar-refractivity contribution is 0.102. The Morgan fingerprint density at radius 3 is 2.70 bits per heavy atom. The van der Waals surface area contributed by atoms with Crippen LogP contribution in [0.15, 0.2) is 18.2 Å². The Labute approximate surface area is 143 Å². The summed E-state index contributed by atoms with van der Waals surface area (Å²) >= 11 is 7.57. The summed E-state index contributed by atoms with van der Waals surface area (Å²) in [5.41, 5.74) is 3.19. The van der Waals surface area contributed by atoms with Gasteiger partial charge >= 0.3 is 0 Å². The van der Waals surface area contributed by atoms with Crippen molar-refractivity contribution in [1.82, 2.24) is 14.8 Å². The minimum Gasteiger partial charge on any atom is -0.296 e. The predicted molar refractivity (Wildman–Crippen MR) is 94.7 cm³/mol. The molecule has 2 heterocycles. The van der Waals surface area contributed by atoms with E-state index in [0.29, 0.717) is 15.8 Å². The summed E-state index contributed by atoms with van der Waals surface area (Å²) in [5.74, 6) is -0.264. The van der Waals surface area contributed by atoms with E-state index in [4.69, 9.17) is 11.6 Å². The Morgan fingerprint density at radius 1 is 1.35 bits per heavy atom. The fourth-order valence-corrected chi connectivity index (χ4v) is 3.65. The summed E-state index contributed by atoms with van der Waals surface area (Å²) in [4.78, 5) is 16.9. The van der Waals surface area contributed by atoms with Crippen LogP contribution in [0.2, 0.25) is 5.02 Å². The number of amides is 1. The van der Waals surface area contributed by atoms with E-state index in [1.165, 1.54) is 11.3 Å². The third-order valence-corrected chi connectivity index (χ3v) is 4.99. The van der Waals surface area contributed by atoms with Crippen LogP contribution in [-0.4, -0.2) is 20.7 Å². The minimum absolute atomic E-state index is 0.209. The van der Waals surface area contributed by atoms with Crippen molar-refractivity contribution < 1.29 is 4.79 Å². The highest BCUT2D eigenvalue weighted by Gasteiger charge is 2.16. The predicted octanol–water partition coefficient (Wildman–Crippen LogP) is 4.60. The van der Waals surface area contributed by atoms with Crippen molar-refractivity contribution in [1.29, 1.82) is 0 Å². The van der Waals surface area contributed by atoms with Gasteiger partial charge in [0.15, 0.2) is 10.8 Å². The summed E-state index contributed by atoms with van der Waals surface area (Å²) < 4.78 is 2.71. The highest BCUT2D eigenvalue weighted by Crippen LogP contribution is 2.33. The van der Waals surface area contributed by atoms with Gasteiger partial charge in [0.25, 0.3) is 5.91 Å². The molecule has 0 unspecified atom stereocenters. The van der Waals surface area contributed by atoms with Gasteiger partial charge in [0.2, 0.25) is 0 Å². The molecule has 1 aromatic carbocycles. The quantitative estimate of drug-likeness (QED) is 0.752. The number of anilines is 1. The highest BCUT2D eigenvalue weighted by molar-refractivity contribution is 7.23. The van der Waals surface area contributed by atoms with Crippen molar-refractivity contribution in [3.8, 4) is 0 Å². The van der Waals surface area contributed by atoms with Gasteiger partial charge in [0.05, 0.1) is 15.2 Å². The number of nitrogens with one attached hydrogen (secondary N) is 1. The van der Waals surface area contributed by atoms with Crippen LogP contribution in [0.1, 0.15) is 41.6 Å². The van der Waals surface area contributed by atoms with Gasteiger partial charge in [-0.25, -0.2) is 4.98 Å². The van der Waals surface area contributed by atoms with Gasteiger partial charge < -0.3 is 0 Å². The Bertz CT molecular complexity index is 858. The van der Waals surface area contributed by atoms with Crippen LogP contribution < -0.4 is 5.32 Å². The third kappa shape index (κ3) is 2.96. The van der Waals surface area contributed by atoms with E-state index in [2.05, 4.69) is 15.4 Å². The van der Waals surface area contributed by atoms with Gasteiger partial charge in [-0.15, -0.1) is 0 Å². The van der Waals surface area contributed by atoms with Crippen LogP contribution >= 0.6 is 22.9 Å². The molecule has 0 bridgehead atoms. The molecule has 2 aromatic heterocycles. The fraction of sp³-hybridized carbons (Fsp3) is 0.312. The molecule has 120 valence electrons. The summed E-state index contributed by atoms with van der Waals surface area (Å²) in [6.07, 6.45) is 0. The standard InChI is InChI=1S/C16H17ClN4OS/c1-8(2)21-10(4)7-12(20-21)15(22)19-16-18-13-9(3)5-6-11(17)14(13)23-16/h5-8H,1-4H3,(H,18,19,22). The molecular formula is C16H17ClN4OS. The number of benzene rings is 1. The van der Waals surface area contributed by atoms with E-state index >= 15 is 0 Å². The van der Waals surface area contributed by atoms with Crippen molar-refractivity contribution >= 4 is 44.2 Å². The lowest BCUT2D eigenvalue weighted by Crippen LogP contribution is -2.13. The second-order valence-corrected chi connectivity index (χ2v) is 7.13. The van der Waals surface area contributed by atoms with Crippen molar-refractivity contribution in [2.45, 2.75) is 33.7 Å². The number of nitrogens with zero attached hydrogens (tertiary/aromatic N) is 3. The van der Waals surface area contributed by atoms with Crippen LogP contribution in [0.4, 0.5) is 5.13 Å². The first-order chi connectivity index (χ1) is 10.9. The highest BCUT2D eigenvalue weighted by atomic mass is 35.5. The first-order valence-electron chi connectivity index (χ1n) is 7.30. The average Bonchev–Trinajstić information content (AvgIpc) is 3.07. The lowest BCUT2D eigenvalue weighted by atomic mass is 10.2. The summed E-state index contributed by atoms with van der Waals surface area (Å²) in [5, 5.41) is 8.33. The zero-order valence-electron chi connectivity index (χ0n) is 13.3. The zero-order valence-corrected chi connectivity index (χ0v) is 14.9. The van der Waals surface area contributed by atoms with Gasteiger partial charge in [0, 0.05) is 11.7 Å². The van der Waals surface area contributed by atoms with E-state index < -0.39 is 0 Å². The second kappa shape index (κ2) is 5.94. The molecular weight excluding hydrogens is 332 g/mol. The summed E-state index contributed by atoms with van der Waals surface area (Å²) in [6, 6.07) is 5.75. The number of thiazole rings is 1. The molecule has 3 aromatic rings. The molecule has 0 saturated heterocycles. The fourth-order valence-electron chi connectivity index (χ4n) is 2.44. The third-order valence-electron chi connectivity index (χ3n) is 3.56. The SMILES string of the molecule is Cc1ccc(Cl)c2sc(NC(=O)c3cc(C)n(C(C)C)n3)nc12. The zero-order chi connectivity index (χ0) is 16.7. The van der Waals surface area contributed by atoms with Crippen LogP contribution in [0.25, 0.3) is 10.2 Å². The van der Waals surface area contributed by atoms with Crippen LogP contribution in [0.3, 0.4) is 0 Å². The molecule has 0 radical (unpaired) electrons. The molecule has 23 heavy (non-hydrogen) atoms. The number of carbonyl (C=O) groups excluding carboxylic acids is 1. The van der Waals surface area contributed by atoms with Crippen molar-refractivity contribution in [2.24, 2.45) is 0 Å². The number of aryl methyl sites for hydroxylation is 2. The molecule has 0 aliphatic carbocycles. The van der Waals surface area contributed by atoms with E-state index in [-0.39, 0.29) is 11.9 Å². The van der Waals surface area contributed by atoms with Crippen LogP contribution in [0.5, 0.6) is 0 Å². The molecule has 5 nitrogen and oxygen atoms in total. The number of fused-ring (bicyclic) bond motifs is 1. The first-order valence-corrected chi connectivity index (χ1v) is 8.49. The molecule has 3 rings (SSSR count). The normalized spacial score (nSPS) is 11.4. The largest absolute Gasteiger partial charge is 0.296 e. The van der Waals surface area contributed by atoms with E-state index in [0.717, 1.165) is 21.5 Å². The number of rotatable bonds is 3. The van der Waals surface area contributed by atoms with Gasteiger partial charge in [-0.05, 0) is 45.4 Å². The molecule has 0 saturated carbocycles. The Hall–Kier alpha value is -1.92. The number of aromatic nitrogens is 3. The Kier molecular flexibility index (Phi) is 4.12. The monoisotopic (exact) mass is 348 g/mol. The second-order valence-electron chi connectivity index (χ2n) is 5.72.